The maximum Gasteiger partial charge on any atom is 0.253 e. The van der Waals surface area contributed by atoms with Crippen molar-refractivity contribution in [2.45, 2.75) is 12.3 Å². The zero-order chi connectivity index (χ0) is 13.0. The molecule has 0 spiro atoms. The van der Waals surface area contributed by atoms with Crippen LogP contribution in [0.15, 0.2) is 24.3 Å². The van der Waals surface area contributed by atoms with Crippen LogP contribution in [0.5, 0.6) is 0 Å². The summed E-state index contributed by atoms with van der Waals surface area (Å²) in [7, 11) is 3.27. The van der Waals surface area contributed by atoms with Gasteiger partial charge in [-0.3, -0.25) is 4.79 Å². The zero-order valence-corrected chi connectivity index (χ0v) is 9.86. The van der Waals surface area contributed by atoms with Crippen molar-refractivity contribution in [1.29, 1.82) is 0 Å². The standard InChI is InChI=1S/C12H16F2N2O/c1-16(2)12(17)9-5-3-8(4-6-9)10(7-15)11(13)14/h3-6,10-11H,7,15H2,1-2H3. The molecule has 94 valence electrons. The number of halogens is 2. The molecule has 17 heavy (non-hydrogen) atoms. The Kier molecular flexibility index (Phi) is 4.57. The second-order valence-electron chi connectivity index (χ2n) is 4.00. The van der Waals surface area contributed by atoms with Crippen LogP contribution < -0.4 is 5.73 Å². The summed E-state index contributed by atoms with van der Waals surface area (Å²) >= 11 is 0. The Morgan fingerprint density at radius 3 is 2.18 bits per heavy atom. The van der Waals surface area contributed by atoms with Crippen LogP contribution in [-0.4, -0.2) is 37.9 Å². The van der Waals surface area contributed by atoms with Crippen LogP contribution in [0.25, 0.3) is 0 Å². The zero-order valence-electron chi connectivity index (χ0n) is 9.86. The van der Waals surface area contributed by atoms with Gasteiger partial charge < -0.3 is 10.6 Å². The molecular weight excluding hydrogens is 226 g/mol. The summed E-state index contributed by atoms with van der Waals surface area (Å²) < 4.78 is 25.2. The molecule has 0 saturated carbocycles. The first-order valence-corrected chi connectivity index (χ1v) is 5.27. The Bertz CT molecular complexity index is 377. The second kappa shape index (κ2) is 5.72. The first kappa shape index (κ1) is 13.6. The molecule has 1 atom stereocenters. The molecule has 1 aromatic carbocycles. The molecule has 0 radical (unpaired) electrons. The fraction of sp³-hybridized carbons (Fsp3) is 0.417. The van der Waals surface area contributed by atoms with Crippen LogP contribution >= 0.6 is 0 Å². The summed E-state index contributed by atoms with van der Waals surface area (Å²) in [6, 6.07) is 6.15. The van der Waals surface area contributed by atoms with E-state index in [1.807, 2.05) is 0 Å². The molecular formula is C12H16F2N2O. The van der Waals surface area contributed by atoms with E-state index >= 15 is 0 Å². The number of nitrogens with two attached hydrogens (primary N) is 1. The van der Waals surface area contributed by atoms with E-state index < -0.39 is 12.3 Å². The molecule has 0 heterocycles. The number of hydrogen-bond donors (Lipinski definition) is 1. The molecule has 1 unspecified atom stereocenters. The quantitative estimate of drug-likeness (QED) is 0.873. The average molecular weight is 242 g/mol. The molecule has 1 aromatic rings. The highest BCUT2D eigenvalue weighted by Crippen LogP contribution is 2.22. The smallest absolute Gasteiger partial charge is 0.253 e. The minimum atomic E-state index is -2.49. The normalized spacial score (nSPS) is 12.6. The van der Waals surface area contributed by atoms with Crippen molar-refractivity contribution in [3.63, 3.8) is 0 Å². The maximum atomic E-state index is 12.6. The van der Waals surface area contributed by atoms with E-state index in [2.05, 4.69) is 0 Å². The summed E-state index contributed by atoms with van der Waals surface area (Å²) in [6.45, 7) is -0.112. The number of amides is 1. The van der Waals surface area contributed by atoms with Gasteiger partial charge in [-0.15, -0.1) is 0 Å². The van der Waals surface area contributed by atoms with E-state index in [4.69, 9.17) is 5.73 Å². The van der Waals surface area contributed by atoms with Crippen LogP contribution in [0.2, 0.25) is 0 Å². The molecule has 0 aliphatic carbocycles. The van der Waals surface area contributed by atoms with Gasteiger partial charge in [-0.05, 0) is 17.7 Å². The van der Waals surface area contributed by atoms with E-state index in [1.165, 1.54) is 17.0 Å². The highest BCUT2D eigenvalue weighted by molar-refractivity contribution is 5.93. The maximum absolute atomic E-state index is 12.6. The number of alkyl halides is 2. The lowest BCUT2D eigenvalue weighted by molar-refractivity contribution is 0.0827. The van der Waals surface area contributed by atoms with Gasteiger partial charge in [0, 0.05) is 26.2 Å². The molecule has 3 nitrogen and oxygen atoms in total. The summed E-state index contributed by atoms with van der Waals surface area (Å²) in [5.74, 6) is -1.13. The second-order valence-corrected chi connectivity index (χ2v) is 4.00. The van der Waals surface area contributed by atoms with Crippen molar-refractivity contribution < 1.29 is 13.6 Å². The summed E-state index contributed by atoms with van der Waals surface area (Å²) in [4.78, 5) is 13.0. The topological polar surface area (TPSA) is 46.3 Å². The van der Waals surface area contributed by atoms with Gasteiger partial charge in [0.25, 0.3) is 5.91 Å². The van der Waals surface area contributed by atoms with Crippen LogP contribution in [0.3, 0.4) is 0 Å². The Morgan fingerprint density at radius 2 is 1.82 bits per heavy atom. The number of nitrogens with zero attached hydrogens (tertiary/aromatic N) is 1. The Morgan fingerprint density at radius 1 is 1.29 bits per heavy atom. The number of hydrogen-bond acceptors (Lipinski definition) is 2. The van der Waals surface area contributed by atoms with E-state index in [1.54, 1.807) is 26.2 Å². The average Bonchev–Trinajstić information content (AvgIpc) is 2.29. The Labute approximate surface area is 99.2 Å². The number of rotatable bonds is 4. The molecule has 0 aromatic heterocycles. The lowest BCUT2D eigenvalue weighted by Crippen LogP contribution is -2.22. The van der Waals surface area contributed by atoms with Crippen molar-refractivity contribution in [3.8, 4) is 0 Å². The van der Waals surface area contributed by atoms with Crippen molar-refractivity contribution in [3.05, 3.63) is 35.4 Å². The third kappa shape index (κ3) is 3.23. The van der Waals surface area contributed by atoms with Crippen molar-refractivity contribution in [2.24, 2.45) is 5.73 Å². The molecule has 0 aliphatic heterocycles. The SMILES string of the molecule is CN(C)C(=O)c1ccc(C(CN)C(F)F)cc1. The summed E-state index contributed by atoms with van der Waals surface area (Å²) in [5, 5.41) is 0. The predicted octanol–water partition coefficient (Wildman–Crippen LogP) is 1.70. The van der Waals surface area contributed by atoms with Crippen LogP contribution in [0, 0.1) is 0 Å². The first-order chi connectivity index (χ1) is 7.97. The molecule has 0 fully saturated rings. The lowest BCUT2D eigenvalue weighted by atomic mass is 9.98. The summed E-state index contributed by atoms with van der Waals surface area (Å²) in [6.07, 6.45) is -2.49. The van der Waals surface area contributed by atoms with Crippen molar-refractivity contribution in [2.75, 3.05) is 20.6 Å². The number of carbonyl (C=O) groups excluding carboxylic acids is 1. The van der Waals surface area contributed by atoms with Crippen LogP contribution in [0.1, 0.15) is 21.8 Å². The fourth-order valence-electron chi connectivity index (χ4n) is 1.52. The van der Waals surface area contributed by atoms with Crippen LogP contribution in [0.4, 0.5) is 8.78 Å². The van der Waals surface area contributed by atoms with Crippen molar-refractivity contribution >= 4 is 5.91 Å². The van der Waals surface area contributed by atoms with Gasteiger partial charge in [0.2, 0.25) is 6.43 Å². The minimum Gasteiger partial charge on any atom is -0.345 e. The van der Waals surface area contributed by atoms with Gasteiger partial charge in [-0.1, -0.05) is 12.1 Å². The van der Waals surface area contributed by atoms with Gasteiger partial charge in [-0.2, -0.15) is 0 Å². The van der Waals surface area contributed by atoms with Gasteiger partial charge in [-0.25, -0.2) is 8.78 Å². The van der Waals surface area contributed by atoms with Gasteiger partial charge >= 0.3 is 0 Å². The molecule has 1 amide bonds. The third-order valence-electron chi connectivity index (χ3n) is 2.55. The lowest BCUT2D eigenvalue weighted by Gasteiger charge is -2.15. The molecule has 0 saturated heterocycles. The van der Waals surface area contributed by atoms with Gasteiger partial charge in [0.05, 0.1) is 5.92 Å². The highest BCUT2D eigenvalue weighted by atomic mass is 19.3. The molecule has 0 bridgehead atoms. The molecule has 0 aliphatic rings. The number of carbonyl (C=O) groups is 1. The Hall–Kier alpha value is -1.49. The van der Waals surface area contributed by atoms with Gasteiger partial charge in [0.15, 0.2) is 0 Å². The minimum absolute atomic E-state index is 0.112. The monoisotopic (exact) mass is 242 g/mol. The largest absolute Gasteiger partial charge is 0.345 e. The van der Waals surface area contributed by atoms with Crippen LogP contribution in [-0.2, 0) is 0 Å². The molecule has 5 heteroatoms. The summed E-state index contributed by atoms with van der Waals surface area (Å²) in [5.41, 5.74) is 6.23. The van der Waals surface area contributed by atoms with E-state index in [0.29, 0.717) is 11.1 Å². The van der Waals surface area contributed by atoms with Crippen molar-refractivity contribution in [1.82, 2.24) is 4.90 Å². The fourth-order valence-corrected chi connectivity index (χ4v) is 1.52. The number of benzene rings is 1. The van der Waals surface area contributed by atoms with E-state index in [9.17, 15) is 13.6 Å². The first-order valence-electron chi connectivity index (χ1n) is 5.27. The van der Waals surface area contributed by atoms with E-state index in [-0.39, 0.29) is 12.5 Å². The Balaban J connectivity index is 2.91. The predicted molar refractivity (Wildman–Crippen MR) is 62.3 cm³/mol. The van der Waals surface area contributed by atoms with Gasteiger partial charge in [0.1, 0.15) is 0 Å². The third-order valence-corrected chi connectivity index (χ3v) is 2.55. The van der Waals surface area contributed by atoms with E-state index in [0.717, 1.165) is 0 Å². The molecule has 1 rings (SSSR count). The molecule has 2 N–H and O–H groups in total. The highest BCUT2D eigenvalue weighted by Gasteiger charge is 2.20.